The van der Waals surface area contributed by atoms with Crippen LogP contribution in [0, 0.1) is 0 Å². The smallest absolute Gasteiger partial charge is 0.327 e. The third kappa shape index (κ3) is 2.05. The van der Waals surface area contributed by atoms with Gasteiger partial charge in [-0.2, -0.15) is 0 Å². The number of aromatic nitrogens is 4. The van der Waals surface area contributed by atoms with E-state index < -0.39 is 11.2 Å². The first-order chi connectivity index (χ1) is 9.04. The zero-order chi connectivity index (χ0) is 13.6. The second kappa shape index (κ2) is 4.25. The van der Waals surface area contributed by atoms with Crippen molar-refractivity contribution in [2.24, 2.45) is 0 Å². The lowest BCUT2D eigenvalue weighted by Gasteiger charge is -1.98. The Morgan fingerprint density at radius 1 is 1.00 bits per heavy atom. The number of benzene rings is 1. The van der Waals surface area contributed by atoms with E-state index in [1.165, 1.54) is 0 Å². The van der Waals surface area contributed by atoms with Gasteiger partial charge in [-0.3, -0.25) is 14.8 Å². The summed E-state index contributed by atoms with van der Waals surface area (Å²) in [5.74, 6) is 0.418. The lowest BCUT2D eigenvalue weighted by Crippen LogP contribution is -2.21. The Morgan fingerprint density at radius 3 is 2.53 bits per heavy atom. The molecule has 8 heteroatoms. The molecule has 0 aliphatic heterocycles. The SMILES string of the molecule is O=c1[nH]c(=O)c2[nH]c(-c3ccc(Cl)c(Cl)c3)nc2[nH]1. The largest absolute Gasteiger partial charge is 0.332 e. The summed E-state index contributed by atoms with van der Waals surface area (Å²) >= 11 is 11.7. The van der Waals surface area contributed by atoms with Crippen molar-refractivity contribution in [2.45, 2.75) is 0 Å². The highest BCUT2D eigenvalue weighted by molar-refractivity contribution is 6.42. The van der Waals surface area contributed by atoms with Crippen LogP contribution < -0.4 is 11.2 Å². The van der Waals surface area contributed by atoms with Crippen molar-refractivity contribution in [1.82, 2.24) is 19.9 Å². The van der Waals surface area contributed by atoms with Crippen molar-refractivity contribution < 1.29 is 0 Å². The molecule has 0 aliphatic carbocycles. The highest BCUT2D eigenvalue weighted by Crippen LogP contribution is 2.27. The second-order valence-electron chi connectivity index (χ2n) is 3.85. The summed E-state index contributed by atoms with van der Waals surface area (Å²) in [4.78, 5) is 34.2. The van der Waals surface area contributed by atoms with E-state index >= 15 is 0 Å². The minimum absolute atomic E-state index is 0.190. The van der Waals surface area contributed by atoms with Crippen LogP contribution in [-0.2, 0) is 0 Å². The highest BCUT2D eigenvalue weighted by atomic mass is 35.5. The molecule has 0 radical (unpaired) electrons. The third-order valence-corrected chi connectivity index (χ3v) is 3.32. The molecule has 0 spiro atoms. The first-order valence-corrected chi connectivity index (χ1v) is 5.98. The Hall–Kier alpha value is -2.05. The van der Waals surface area contributed by atoms with Crippen LogP contribution in [0.25, 0.3) is 22.6 Å². The quantitative estimate of drug-likeness (QED) is 0.640. The van der Waals surface area contributed by atoms with E-state index in [0.29, 0.717) is 21.4 Å². The molecule has 0 saturated heterocycles. The van der Waals surface area contributed by atoms with E-state index in [1.807, 2.05) is 0 Å². The van der Waals surface area contributed by atoms with Crippen molar-refractivity contribution in [2.75, 3.05) is 0 Å². The summed E-state index contributed by atoms with van der Waals surface area (Å²) in [6.07, 6.45) is 0. The van der Waals surface area contributed by atoms with Gasteiger partial charge in [0.15, 0.2) is 5.65 Å². The Labute approximate surface area is 115 Å². The zero-order valence-electron chi connectivity index (χ0n) is 9.25. The van der Waals surface area contributed by atoms with Gasteiger partial charge in [-0.05, 0) is 18.2 Å². The third-order valence-electron chi connectivity index (χ3n) is 2.58. The van der Waals surface area contributed by atoms with Gasteiger partial charge in [-0.25, -0.2) is 9.78 Å². The Balaban J connectivity index is 2.26. The van der Waals surface area contributed by atoms with Crippen LogP contribution in [0.3, 0.4) is 0 Å². The molecule has 0 aliphatic rings. The molecule has 3 N–H and O–H groups in total. The monoisotopic (exact) mass is 296 g/mol. The Kier molecular flexibility index (Phi) is 2.69. The maximum Gasteiger partial charge on any atom is 0.327 e. The van der Waals surface area contributed by atoms with Gasteiger partial charge in [0.1, 0.15) is 11.3 Å². The fourth-order valence-corrected chi connectivity index (χ4v) is 2.01. The lowest BCUT2D eigenvalue weighted by molar-refractivity contribution is 1.07. The van der Waals surface area contributed by atoms with Gasteiger partial charge in [0.05, 0.1) is 10.0 Å². The molecule has 0 amide bonds. The first-order valence-electron chi connectivity index (χ1n) is 5.22. The minimum Gasteiger partial charge on any atom is -0.332 e. The van der Waals surface area contributed by atoms with Gasteiger partial charge >= 0.3 is 5.69 Å². The number of halogens is 2. The molecule has 19 heavy (non-hydrogen) atoms. The summed E-state index contributed by atoms with van der Waals surface area (Å²) in [6, 6.07) is 4.95. The van der Waals surface area contributed by atoms with Crippen LogP contribution in [0.2, 0.25) is 10.0 Å². The first kappa shape index (κ1) is 12.0. The number of fused-ring (bicyclic) bond motifs is 1. The van der Waals surface area contributed by atoms with Gasteiger partial charge in [-0.15, -0.1) is 0 Å². The van der Waals surface area contributed by atoms with Crippen LogP contribution in [0.4, 0.5) is 0 Å². The predicted octanol–water partition coefficient (Wildman–Crippen LogP) is 1.91. The van der Waals surface area contributed by atoms with E-state index in [4.69, 9.17) is 23.2 Å². The molecule has 3 rings (SSSR count). The summed E-state index contributed by atoms with van der Waals surface area (Å²) in [5.41, 5.74) is -0.0939. The molecule has 3 aromatic rings. The van der Waals surface area contributed by atoms with E-state index in [9.17, 15) is 9.59 Å². The number of nitrogens with zero attached hydrogens (tertiary/aromatic N) is 1. The van der Waals surface area contributed by atoms with Gasteiger partial charge < -0.3 is 4.98 Å². The molecular weight excluding hydrogens is 291 g/mol. The van der Waals surface area contributed by atoms with Crippen molar-refractivity contribution in [3.05, 3.63) is 49.1 Å². The van der Waals surface area contributed by atoms with Crippen LogP contribution in [0.1, 0.15) is 0 Å². The van der Waals surface area contributed by atoms with E-state index in [0.717, 1.165) is 0 Å². The van der Waals surface area contributed by atoms with E-state index in [-0.39, 0.29) is 11.2 Å². The standard InChI is InChI=1S/C11H6Cl2N4O2/c12-5-2-1-4(3-6(5)13)8-14-7-9(15-8)16-11(19)17-10(7)18/h1-3H,(H3,14,15,16,17,18,19). The maximum absolute atomic E-state index is 11.6. The van der Waals surface area contributed by atoms with Crippen molar-refractivity contribution in [3.63, 3.8) is 0 Å². The van der Waals surface area contributed by atoms with Crippen molar-refractivity contribution >= 4 is 34.4 Å². The maximum atomic E-state index is 11.6. The molecule has 0 bridgehead atoms. The molecule has 0 unspecified atom stereocenters. The van der Waals surface area contributed by atoms with Crippen LogP contribution in [0.15, 0.2) is 27.8 Å². The van der Waals surface area contributed by atoms with E-state index in [1.54, 1.807) is 18.2 Å². The van der Waals surface area contributed by atoms with Crippen LogP contribution in [0.5, 0.6) is 0 Å². The Bertz CT molecular complexity index is 894. The number of nitrogens with one attached hydrogen (secondary N) is 3. The number of imidazole rings is 1. The summed E-state index contributed by atoms with van der Waals surface area (Å²) in [5, 5.41) is 0.801. The normalized spacial score (nSPS) is 11.1. The molecule has 0 saturated carbocycles. The molecule has 2 heterocycles. The van der Waals surface area contributed by atoms with Crippen LogP contribution in [-0.4, -0.2) is 19.9 Å². The summed E-state index contributed by atoms with van der Waals surface area (Å²) in [6.45, 7) is 0. The van der Waals surface area contributed by atoms with Crippen molar-refractivity contribution in [1.29, 1.82) is 0 Å². The Morgan fingerprint density at radius 2 is 1.79 bits per heavy atom. The molecular formula is C11H6Cl2N4O2. The van der Waals surface area contributed by atoms with Crippen molar-refractivity contribution in [3.8, 4) is 11.4 Å². The van der Waals surface area contributed by atoms with Gasteiger partial charge in [0.2, 0.25) is 0 Å². The molecule has 0 atom stereocenters. The molecule has 6 nitrogen and oxygen atoms in total. The fraction of sp³-hybridized carbons (Fsp3) is 0. The molecule has 0 fully saturated rings. The minimum atomic E-state index is -0.607. The highest BCUT2D eigenvalue weighted by Gasteiger charge is 2.10. The number of aromatic amines is 3. The number of rotatable bonds is 1. The summed E-state index contributed by atoms with van der Waals surface area (Å²) in [7, 11) is 0. The average molecular weight is 297 g/mol. The molecule has 1 aromatic carbocycles. The summed E-state index contributed by atoms with van der Waals surface area (Å²) < 4.78 is 0. The number of hydrogen-bond donors (Lipinski definition) is 3. The van der Waals surface area contributed by atoms with Crippen LogP contribution >= 0.6 is 23.2 Å². The van der Waals surface area contributed by atoms with Gasteiger partial charge in [-0.1, -0.05) is 23.2 Å². The zero-order valence-corrected chi connectivity index (χ0v) is 10.8. The number of hydrogen-bond acceptors (Lipinski definition) is 3. The topological polar surface area (TPSA) is 94.4 Å². The lowest BCUT2D eigenvalue weighted by atomic mass is 10.2. The second-order valence-corrected chi connectivity index (χ2v) is 4.66. The average Bonchev–Trinajstić information content (AvgIpc) is 2.76. The van der Waals surface area contributed by atoms with Gasteiger partial charge in [0.25, 0.3) is 5.56 Å². The molecule has 2 aromatic heterocycles. The number of H-pyrrole nitrogens is 3. The fourth-order valence-electron chi connectivity index (χ4n) is 1.71. The predicted molar refractivity (Wildman–Crippen MR) is 72.8 cm³/mol. The molecule has 96 valence electrons. The van der Waals surface area contributed by atoms with Gasteiger partial charge in [0, 0.05) is 5.56 Å². The van der Waals surface area contributed by atoms with E-state index in [2.05, 4.69) is 19.9 Å².